The van der Waals surface area contributed by atoms with Crippen molar-refractivity contribution in [1.82, 2.24) is 19.3 Å². The second-order valence-corrected chi connectivity index (χ2v) is 5.85. The molecule has 0 aromatic carbocycles. The Morgan fingerprint density at radius 1 is 1.53 bits per heavy atom. The number of nitrogens with zero attached hydrogens (tertiary/aromatic N) is 4. The molecule has 0 spiro atoms. The summed E-state index contributed by atoms with van der Waals surface area (Å²) in [4.78, 5) is 0. The molecule has 98 valence electrons. The third-order valence-electron chi connectivity index (χ3n) is 2.70. The molecule has 1 aromatic rings. The molecule has 2 N–H and O–H groups in total. The highest BCUT2D eigenvalue weighted by Crippen LogP contribution is 2.18. The molecule has 1 saturated heterocycles. The standard InChI is InChI=1S/C8H15N5O2S.ClH/c1-12-8(5-10-11-12)16(14,15)13-4-2-3-7(9)6-13;/h5,7H,2-4,6,9H2,1H3;1H. The summed E-state index contributed by atoms with van der Waals surface area (Å²) in [6.45, 7) is 0.884. The van der Waals surface area contributed by atoms with E-state index in [1.54, 1.807) is 7.05 Å². The van der Waals surface area contributed by atoms with Crippen molar-refractivity contribution >= 4 is 22.4 Å². The summed E-state index contributed by atoms with van der Waals surface area (Å²) in [7, 11) is -1.93. The van der Waals surface area contributed by atoms with Crippen molar-refractivity contribution in [3.63, 3.8) is 0 Å². The lowest BCUT2D eigenvalue weighted by Crippen LogP contribution is -2.46. The summed E-state index contributed by atoms with van der Waals surface area (Å²) in [5, 5.41) is 7.32. The van der Waals surface area contributed by atoms with Gasteiger partial charge in [0.2, 0.25) is 0 Å². The van der Waals surface area contributed by atoms with E-state index >= 15 is 0 Å². The first kappa shape index (κ1) is 14.4. The predicted molar refractivity (Wildman–Crippen MR) is 64.2 cm³/mol. The SMILES string of the molecule is Cl.Cn1nncc1S(=O)(=O)N1CCCC(N)C1. The van der Waals surface area contributed by atoms with Gasteiger partial charge in [0, 0.05) is 26.2 Å². The molecule has 0 bridgehead atoms. The van der Waals surface area contributed by atoms with E-state index in [0.717, 1.165) is 12.8 Å². The van der Waals surface area contributed by atoms with Gasteiger partial charge in [0.05, 0.1) is 6.20 Å². The molecule has 1 unspecified atom stereocenters. The van der Waals surface area contributed by atoms with Gasteiger partial charge in [-0.05, 0) is 12.8 Å². The van der Waals surface area contributed by atoms with Crippen molar-refractivity contribution < 1.29 is 8.42 Å². The average Bonchev–Trinajstić information content (AvgIpc) is 2.65. The fourth-order valence-electron chi connectivity index (χ4n) is 1.84. The van der Waals surface area contributed by atoms with Crippen molar-refractivity contribution in [3.05, 3.63) is 6.20 Å². The molecule has 1 fully saturated rings. The summed E-state index contributed by atoms with van der Waals surface area (Å²) in [5.74, 6) is 0. The number of piperidine rings is 1. The van der Waals surface area contributed by atoms with Crippen LogP contribution in [-0.4, -0.2) is 46.8 Å². The van der Waals surface area contributed by atoms with Gasteiger partial charge in [0.15, 0.2) is 5.03 Å². The highest BCUT2D eigenvalue weighted by Gasteiger charge is 2.31. The molecule has 0 radical (unpaired) electrons. The molecule has 2 rings (SSSR count). The maximum atomic E-state index is 12.2. The monoisotopic (exact) mass is 281 g/mol. The summed E-state index contributed by atoms with van der Waals surface area (Å²) in [6, 6.07) is -0.0790. The zero-order chi connectivity index (χ0) is 11.8. The van der Waals surface area contributed by atoms with E-state index < -0.39 is 10.0 Å². The van der Waals surface area contributed by atoms with E-state index in [-0.39, 0.29) is 23.5 Å². The minimum atomic E-state index is -3.49. The first-order valence-electron chi connectivity index (χ1n) is 5.12. The fourth-order valence-corrected chi connectivity index (χ4v) is 3.41. The molecular weight excluding hydrogens is 266 g/mol. The Morgan fingerprint density at radius 3 is 2.76 bits per heavy atom. The van der Waals surface area contributed by atoms with Gasteiger partial charge in [-0.2, -0.15) is 4.31 Å². The second kappa shape index (κ2) is 5.30. The Hall–Kier alpha value is -0.700. The van der Waals surface area contributed by atoms with Gasteiger partial charge in [0.1, 0.15) is 0 Å². The van der Waals surface area contributed by atoms with Crippen LogP contribution in [0.5, 0.6) is 0 Å². The highest BCUT2D eigenvalue weighted by molar-refractivity contribution is 7.89. The van der Waals surface area contributed by atoms with Gasteiger partial charge >= 0.3 is 0 Å². The number of sulfonamides is 1. The molecule has 1 aliphatic rings. The molecule has 0 aliphatic carbocycles. The third kappa shape index (κ3) is 2.76. The van der Waals surface area contributed by atoms with E-state index in [1.165, 1.54) is 15.2 Å². The van der Waals surface area contributed by atoms with E-state index in [2.05, 4.69) is 10.3 Å². The summed E-state index contributed by atoms with van der Waals surface area (Å²) in [5.41, 5.74) is 5.77. The molecule has 1 aliphatic heterocycles. The van der Waals surface area contributed by atoms with Crippen molar-refractivity contribution in [2.45, 2.75) is 23.9 Å². The van der Waals surface area contributed by atoms with E-state index in [1.807, 2.05) is 0 Å². The fraction of sp³-hybridized carbons (Fsp3) is 0.750. The molecule has 7 nitrogen and oxygen atoms in total. The van der Waals surface area contributed by atoms with Crippen molar-refractivity contribution in [3.8, 4) is 0 Å². The van der Waals surface area contributed by atoms with Crippen LogP contribution < -0.4 is 5.73 Å². The van der Waals surface area contributed by atoms with Crippen LogP contribution in [0.4, 0.5) is 0 Å². The number of halogens is 1. The molecule has 1 aromatic heterocycles. The predicted octanol–water partition coefficient (Wildman–Crippen LogP) is -0.651. The first-order valence-corrected chi connectivity index (χ1v) is 6.56. The maximum absolute atomic E-state index is 12.2. The molecule has 17 heavy (non-hydrogen) atoms. The Labute approximate surface area is 106 Å². The molecule has 0 saturated carbocycles. The number of hydrogen-bond acceptors (Lipinski definition) is 5. The number of aromatic nitrogens is 3. The van der Waals surface area contributed by atoms with Gasteiger partial charge in [0.25, 0.3) is 10.0 Å². The van der Waals surface area contributed by atoms with Gasteiger partial charge in [-0.25, -0.2) is 13.1 Å². The van der Waals surface area contributed by atoms with Crippen LogP contribution in [-0.2, 0) is 17.1 Å². The second-order valence-electron chi connectivity index (χ2n) is 3.96. The third-order valence-corrected chi connectivity index (χ3v) is 4.61. The quantitative estimate of drug-likeness (QED) is 0.777. The van der Waals surface area contributed by atoms with Crippen LogP contribution in [0, 0.1) is 0 Å². The highest BCUT2D eigenvalue weighted by atomic mass is 35.5. The molecule has 2 heterocycles. The Balaban J connectivity index is 0.00000144. The minimum Gasteiger partial charge on any atom is -0.327 e. The van der Waals surface area contributed by atoms with Crippen LogP contribution >= 0.6 is 12.4 Å². The van der Waals surface area contributed by atoms with E-state index in [0.29, 0.717) is 13.1 Å². The lowest BCUT2D eigenvalue weighted by Gasteiger charge is -2.29. The number of rotatable bonds is 2. The first-order chi connectivity index (χ1) is 7.51. The van der Waals surface area contributed by atoms with Crippen molar-refractivity contribution in [2.75, 3.05) is 13.1 Å². The lowest BCUT2D eigenvalue weighted by molar-refractivity contribution is 0.314. The average molecular weight is 282 g/mol. The van der Waals surface area contributed by atoms with Crippen molar-refractivity contribution in [2.24, 2.45) is 12.8 Å². The Morgan fingerprint density at radius 2 is 2.24 bits per heavy atom. The normalized spacial score (nSPS) is 22.1. The molecule has 0 amide bonds. The zero-order valence-corrected chi connectivity index (χ0v) is 11.1. The van der Waals surface area contributed by atoms with Gasteiger partial charge in [-0.1, -0.05) is 5.21 Å². The lowest BCUT2D eigenvalue weighted by atomic mass is 10.1. The van der Waals surface area contributed by atoms with E-state index in [4.69, 9.17) is 5.73 Å². The molecular formula is C8H16ClN5O2S. The van der Waals surface area contributed by atoms with Gasteiger partial charge in [-0.15, -0.1) is 17.5 Å². The van der Waals surface area contributed by atoms with Crippen LogP contribution in [0.2, 0.25) is 0 Å². The largest absolute Gasteiger partial charge is 0.327 e. The maximum Gasteiger partial charge on any atom is 0.261 e. The number of hydrogen-bond donors (Lipinski definition) is 1. The van der Waals surface area contributed by atoms with Crippen LogP contribution in [0.15, 0.2) is 11.2 Å². The van der Waals surface area contributed by atoms with E-state index in [9.17, 15) is 8.42 Å². The Kier molecular flexibility index (Phi) is 4.48. The topological polar surface area (TPSA) is 94.1 Å². The Bertz CT molecular complexity index is 474. The van der Waals surface area contributed by atoms with Gasteiger partial charge < -0.3 is 5.73 Å². The number of nitrogens with two attached hydrogens (primary N) is 1. The molecule has 9 heteroatoms. The minimum absolute atomic E-state index is 0. The zero-order valence-electron chi connectivity index (χ0n) is 9.48. The summed E-state index contributed by atoms with van der Waals surface area (Å²) < 4.78 is 27.0. The van der Waals surface area contributed by atoms with Crippen LogP contribution in [0.3, 0.4) is 0 Å². The summed E-state index contributed by atoms with van der Waals surface area (Å²) >= 11 is 0. The number of aryl methyl sites for hydroxylation is 1. The summed E-state index contributed by atoms with van der Waals surface area (Å²) in [6.07, 6.45) is 2.93. The van der Waals surface area contributed by atoms with Crippen LogP contribution in [0.25, 0.3) is 0 Å². The van der Waals surface area contributed by atoms with Crippen molar-refractivity contribution in [1.29, 1.82) is 0 Å². The molecule has 1 atom stereocenters. The van der Waals surface area contributed by atoms with Gasteiger partial charge in [-0.3, -0.25) is 0 Å². The van der Waals surface area contributed by atoms with Crippen LogP contribution in [0.1, 0.15) is 12.8 Å². The smallest absolute Gasteiger partial charge is 0.261 e.